The van der Waals surface area contributed by atoms with E-state index < -0.39 is 87.3 Å². The molecule has 214 valence electrons. The maximum Gasteiger partial charge on any atom is 0.187 e. The van der Waals surface area contributed by atoms with Crippen LogP contribution in [0.2, 0.25) is 0 Å². The van der Waals surface area contributed by atoms with Crippen LogP contribution in [-0.2, 0) is 23.7 Å². The normalized spacial score (nSPS) is 39.2. The SMILES string of the molecule is CCCCC(CC)COCC(CO)OC1OC(CO)C(OC2OC(CO)C(O)C(O)C2O)C(O)C1O. The minimum atomic E-state index is -1.75. The summed E-state index contributed by atoms with van der Waals surface area (Å²) in [6, 6.07) is 0. The van der Waals surface area contributed by atoms with Gasteiger partial charge in [-0.05, 0) is 12.3 Å². The van der Waals surface area contributed by atoms with Crippen LogP contribution in [0.5, 0.6) is 0 Å². The molecule has 13 heteroatoms. The highest BCUT2D eigenvalue weighted by Crippen LogP contribution is 2.30. The molecule has 12 unspecified atom stereocenters. The van der Waals surface area contributed by atoms with Crippen LogP contribution in [0.4, 0.5) is 0 Å². The van der Waals surface area contributed by atoms with E-state index in [-0.39, 0.29) is 6.61 Å². The van der Waals surface area contributed by atoms with Crippen molar-refractivity contribution in [3.63, 3.8) is 0 Å². The van der Waals surface area contributed by atoms with Crippen molar-refractivity contribution in [1.29, 1.82) is 0 Å². The molecular weight excluding hydrogens is 484 g/mol. The molecule has 0 aromatic heterocycles. The molecule has 36 heavy (non-hydrogen) atoms. The molecular formula is C23H44O13. The van der Waals surface area contributed by atoms with Gasteiger partial charge in [-0.3, -0.25) is 0 Å². The predicted octanol–water partition coefficient (Wildman–Crippen LogP) is -2.78. The molecule has 8 N–H and O–H groups in total. The van der Waals surface area contributed by atoms with Crippen LogP contribution in [0.15, 0.2) is 0 Å². The summed E-state index contributed by atoms with van der Waals surface area (Å²) in [7, 11) is 0. The van der Waals surface area contributed by atoms with Gasteiger partial charge in [-0.15, -0.1) is 0 Å². The van der Waals surface area contributed by atoms with Crippen molar-refractivity contribution in [2.75, 3.05) is 33.0 Å². The Kier molecular flexibility index (Phi) is 13.9. The fraction of sp³-hybridized carbons (Fsp3) is 1.00. The molecule has 0 radical (unpaired) electrons. The van der Waals surface area contributed by atoms with Crippen molar-refractivity contribution in [2.24, 2.45) is 5.92 Å². The molecule has 0 saturated carbocycles. The Balaban J connectivity index is 1.96. The molecule has 2 aliphatic rings. The summed E-state index contributed by atoms with van der Waals surface area (Å²) >= 11 is 0. The smallest absolute Gasteiger partial charge is 0.187 e. The van der Waals surface area contributed by atoms with E-state index in [1.807, 2.05) is 0 Å². The van der Waals surface area contributed by atoms with Crippen LogP contribution in [0.3, 0.4) is 0 Å². The number of hydrogen-bond acceptors (Lipinski definition) is 13. The third-order valence-electron chi connectivity index (χ3n) is 6.69. The van der Waals surface area contributed by atoms with E-state index in [0.29, 0.717) is 12.5 Å². The zero-order valence-corrected chi connectivity index (χ0v) is 20.9. The molecule has 2 saturated heterocycles. The van der Waals surface area contributed by atoms with Gasteiger partial charge in [0.05, 0.1) is 26.4 Å². The minimum Gasteiger partial charge on any atom is -0.394 e. The quantitative estimate of drug-likeness (QED) is 0.108. The van der Waals surface area contributed by atoms with Crippen LogP contribution in [0.1, 0.15) is 39.5 Å². The lowest BCUT2D eigenvalue weighted by atomic mass is 9.97. The molecule has 0 aromatic rings. The first kappa shape index (κ1) is 31.7. The first-order valence-corrected chi connectivity index (χ1v) is 12.6. The Morgan fingerprint density at radius 2 is 1.39 bits per heavy atom. The van der Waals surface area contributed by atoms with E-state index in [1.165, 1.54) is 0 Å². The van der Waals surface area contributed by atoms with E-state index in [1.54, 1.807) is 0 Å². The van der Waals surface area contributed by atoms with E-state index in [4.69, 9.17) is 23.7 Å². The highest BCUT2D eigenvalue weighted by atomic mass is 16.7. The molecule has 13 nitrogen and oxygen atoms in total. The topological polar surface area (TPSA) is 208 Å². The number of rotatable bonds is 15. The van der Waals surface area contributed by atoms with Gasteiger partial charge in [0.1, 0.15) is 54.9 Å². The second kappa shape index (κ2) is 15.8. The first-order valence-electron chi connectivity index (χ1n) is 12.6. The summed E-state index contributed by atoms with van der Waals surface area (Å²) in [4.78, 5) is 0. The summed E-state index contributed by atoms with van der Waals surface area (Å²) in [5.41, 5.74) is 0. The van der Waals surface area contributed by atoms with Gasteiger partial charge >= 0.3 is 0 Å². The van der Waals surface area contributed by atoms with Gasteiger partial charge < -0.3 is 64.5 Å². The number of ether oxygens (including phenoxy) is 5. The van der Waals surface area contributed by atoms with Crippen molar-refractivity contribution in [3.05, 3.63) is 0 Å². The van der Waals surface area contributed by atoms with Crippen molar-refractivity contribution in [3.8, 4) is 0 Å². The third kappa shape index (κ3) is 8.24. The number of unbranched alkanes of at least 4 members (excludes halogenated alkanes) is 1. The molecule has 0 spiro atoms. The maximum absolute atomic E-state index is 10.7. The zero-order valence-electron chi connectivity index (χ0n) is 20.9. The molecule has 2 heterocycles. The molecule has 0 bridgehead atoms. The van der Waals surface area contributed by atoms with Gasteiger partial charge in [-0.25, -0.2) is 0 Å². The third-order valence-corrected chi connectivity index (χ3v) is 6.69. The van der Waals surface area contributed by atoms with Crippen LogP contribution >= 0.6 is 0 Å². The molecule has 2 fully saturated rings. The standard InChI is InChI=1S/C23H44O13/c1-3-5-6-12(4-2)10-32-11-13(7-24)33-22-20(31)18(29)21(15(9-26)35-22)36-23-19(30)17(28)16(27)14(8-25)34-23/h12-31H,3-11H2,1-2H3. The van der Waals surface area contributed by atoms with Crippen LogP contribution in [-0.4, -0.2) is 141 Å². The zero-order chi connectivity index (χ0) is 26.8. The molecule has 0 aromatic carbocycles. The second-order valence-corrected chi connectivity index (χ2v) is 9.40. The van der Waals surface area contributed by atoms with Crippen molar-refractivity contribution in [1.82, 2.24) is 0 Å². The average molecular weight is 529 g/mol. The van der Waals surface area contributed by atoms with Gasteiger partial charge in [0.25, 0.3) is 0 Å². The Labute approximate surface area is 211 Å². The van der Waals surface area contributed by atoms with Gasteiger partial charge in [-0.2, -0.15) is 0 Å². The molecule has 2 aliphatic heterocycles. The fourth-order valence-corrected chi connectivity index (χ4v) is 4.26. The van der Waals surface area contributed by atoms with Gasteiger partial charge in [0.15, 0.2) is 12.6 Å². The molecule has 2 rings (SSSR count). The summed E-state index contributed by atoms with van der Waals surface area (Å²) in [6.45, 7) is 2.91. The van der Waals surface area contributed by atoms with Crippen molar-refractivity contribution < 1.29 is 64.5 Å². The first-order chi connectivity index (χ1) is 17.2. The average Bonchev–Trinajstić information content (AvgIpc) is 2.89. The Morgan fingerprint density at radius 3 is 1.97 bits per heavy atom. The highest BCUT2D eigenvalue weighted by Gasteiger charge is 2.51. The van der Waals surface area contributed by atoms with E-state index in [0.717, 1.165) is 25.7 Å². The Bertz CT molecular complexity index is 594. The summed E-state index contributed by atoms with van der Waals surface area (Å²) in [5, 5.41) is 80.2. The highest BCUT2D eigenvalue weighted by molar-refractivity contribution is 4.94. The van der Waals surface area contributed by atoms with Crippen molar-refractivity contribution >= 4 is 0 Å². The summed E-state index contributed by atoms with van der Waals surface area (Å²) in [5.74, 6) is 0.377. The second-order valence-electron chi connectivity index (χ2n) is 9.40. The molecule has 0 amide bonds. The Morgan fingerprint density at radius 1 is 0.750 bits per heavy atom. The summed E-state index contributed by atoms with van der Waals surface area (Å²) < 4.78 is 27.7. The van der Waals surface area contributed by atoms with Crippen LogP contribution in [0, 0.1) is 5.92 Å². The van der Waals surface area contributed by atoms with Gasteiger partial charge in [-0.1, -0.05) is 33.1 Å². The number of hydrogen-bond donors (Lipinski definition) is 8. The maximum atomic E-state index is 10.7. The monoisotopic (exact) mass is 528 g/mol. The molecule has 0 aliphatic carbocycles. The van der Waals surface area contributed by atoms with E-state index in [9.17, 15) is 40.9 Å². The van der Waals surface area contributed by atoms with E-state index in [2.05, 4.69) is 13.8 Å². The van der Waals surface area contributed by atoms with Crippen LogP contribution < -0.4 is 0 Å². The lowest BCUT2D eigenvalue weighted by Gasteiger charge is -2.46. The van der Waals surface area contributed by atoms with Crippen molar-refractivity contribution in [2.45, 2.75) is 107 Å². The largest absolute Gasteiger partial charge is 0.394 e. The number of aliphatic hydroxyl groups excluding tert-OH is 8. The lowest BCUT2D eigenvalue weighted by Crippen LogP contribution is -2.65. The van der Waals surface area contributed by atoms with E-state index >= 15 is 0 Å². The van der Waals surface area contributed by atoms with Gasteiger partial charge in [0, 0.05) is 6.61 Å². The van der Waals surface area contributed by atoms with Gasteiger partial charge in [0.2, 0.25) is 0 Å². The Hall–Kier alpha value is -0.520. The minimum absolute atomic E-state index is 0.0242. The predicted molar refractivity (Wildman–Crippen MR) is 122 cm³/mol. The van der Waals surface area contributed by atoms with Crippen LogP contribution in [0.25, 0.3) is 0 Å². The fourth-order valence-electron chi connectivity index (χ4n) is 4.26. The summed E-state index contributed by atoms with van der Waals surface area (Å²) in [6.07, 6.45) is -12.1. The molecule has 12 atom stereocenters. The lowest BCUT2D eigenvalue weighted by molar-refractivity contribution is -0.364. The number of aliphatic hydroxyl groups is 8.